The van der Waals surface area contributed by atoms with Crippen molar-refractivity contribution in [1.29, 1.82) is 0 Å². The maximum Gasteiger partial charge on any atom is 0.340 e. The Morgan fingerprint density at radius 2 is 1.96 bits per heavy atom. The normalized spacial score (nSPS) is 12.2. The third kappa shape index (κ3) is 3.17. The summed E-state index contributed by atoms with van der Waals surface area (Å²) in [5.41, 5.74) is 2.63. The van der Waals surface area contributed by atoms with Gasteiger partial charge in [0.05, 0.1) is 24.8 Å². The SMILES string of the molecule is COC(=O)c1cc2c(cc1NC(=O)Cc1noc3ccc(C)cc13)OCO2. The molecule has 2 heterocycles. The summed E-state index contributed by atoms with van der Waals surface area (Å²) >= 11 is 0. The van der Waals surface area contributed by atoms with Crippen LogP contribution in [-0.2, 0) is 16.0 Å². The molecule has 1 aliphatic rings. The van der Waals surface area contributed by atoms with Crippen LogP contribution in [0.5, 0.6) is 11.5 Å². The minimum atomic E-state index is -0.592. The van der Waals surface area contributed by atoms with Crippen molar-refractivity contribution >= 4 is 28.5 Å². The number of hydrogen-bond donors (Lipinski definition) is 1. The first-order valence-corrected chi connectivity index (χ1v) is 8.22. The lowest BCUT2D eigenvalue weighted by Crippen LogP contribution is -2.17. The Balaban J connectivity index is 1.60. The quantitative estimate of drug-likeness (QED) is 0.707. The molecule has 0 fully saturated rings. The van der Waals surface area contributed by atoms with Crippen LogP contribution in [0, 0.1) is 6.92 Å². The molecule has 0 atom stereocenters. The van der Waals surface area contributed by atoms with Crippen LogP contribution >= 0.6 is 0 Å². The number of nitrogens with zero attached hydrogens (tertiary/aromatic N) is 1. The Kier molecular flexibility index (Phi) is 4.15. The highest BCUT2D eigenvalue weighted by Crippen LogP contribution is 2.37. The largest absolute Gasteiger partial charge is 0.465 e. The second kappa shape index (κ2) is 6.64. The molecule has 3 aromatic rings. The molecule has 138 valence electrons. The van der Waals surface area contributed by atoms with E-state index in [1.54, 1.807) is 0 Å². The van der Waals surface area contributed by atoms with Crippen molar-refractivity contribution in [2.24, 2.45) is 0 Å². The molecule has 0 saturated carbocycles. The Labute approximate surface area is 154 Å². The highest BCUT2D eigenvalue weighted by atomic mass is 16.7. The number of nitrogens with one attached hydrogen (secondary N) is 1. The summed E-state index contributed by atoms with van der Waals surface area (Å²) in [6.07, 6.45) is -0.00842. The minimum Gasteiger partial charge on any atom is -0.465 e. The number of aromatic nitrogens is 1. The van der Waals surface area contributed by atoms with Crippen LogP contribution in [0.3, 0.4) is 0 Å². The summed E-state index contributed by atoms with van der Waals surface area (Å²) in [5.74, 6) is -0.0753. The molecule has 27 heavy (non-hydrogen) atoms. The van der Waals surface area contributed by atoms with E-state index in [4.69, 9.17) is 18.7 Å². The zero-order chi connectivity index (χ0) is 19.0. The second-order valence-corrected chi connectivity index (χ2v) is 6.10. The third-order valence-corrected chi connectivity index (χ3v) is 4.22. The number of hydrogen-bond acceptors (Lipinski definition) is 7. The van der Waals surface area contributed by atoms with Crippen molar-refractivity contribution < 1.29 is 28.3 Å². The molecule has 8 heteroatoms. The van der Waals surface area contributed by atoms with Crippen LogP contribution in [0.15, 0.2) is 34.9 Å². The molecule has 0 bridgehead atoms. The fourth-order valence-electron chi connectivity index (χ4n) is 2.90. The Morgan fingerprint density at radius 3 is 2.74 bits per heavy atom. The van der Waals surface area contributed by atoms with Crippen molar-refractivity contribution in [2.75, 3.05) is 19.2 Å². The molecule has 8 nitrogen and oxygen atoms in total. The van der Waals surface area contributed by atoms with E-state index < -0.39 is 5.97 Å². The van der Waals surface area contributed by atoms with Gasteiger partial charge in [0.15, 0.2) is 17.1 Å². The van der Waals surface area contributed by atoms with Crippen LogP contribution in [0.2, 0.25) is 0 Å². The molecule has 0 saturated heterocycles. The van der Waals surface area contributed by atoms with Gasteiger partial charge in [-0.3, -0.25) is 4.79 Å². The third-order valence-electron chi connectivity index (χ3n) is 4.22. The van der Waals surface area contributed by atoms with Crippen molar-refractivity contribution in [3.05, 3.63) is 47.2 Å². The molecular formula is C19H16N2O6. The van der Waals surface area contributed by atoms with Gasteiger partial charge in [-0.25, -0.2) is 4.79 Å². The van der Waals surface area contributed by atoms with Gasteiger partial charge in [-0.2, -0.15) is 0 Å². The predicted octanol–water partition coefficient (Wildman–Crippen LogP) is 2.83. The Morgan fingerprint density at radius 1 is 1.19 bits per heavy atom. The fraction of sp³-hybridized carbons (Fsp3) is 0.211. The topological polar surface area (TPSA) is 99.9 Å². The molecule has 4 rings (SSSR count). The van der Waals surface area contributed by atoms with Crippen molar-refractivity contribution in [3.8, 4) is 11.5 Å². The molecular weight excluding hydrogens is 352 g/mol. The summed E-state index contributed by atoms with van der Waals surface area (Å²) in [5, 5.41) is 7.48. The summed E-state index contributed by atoms with van der Waals surface area (Å²) in [7, 11) is 1.27. The molecule has 0 aliphatic carbocycles. The number of aryl methyl sites for hydroxylation is 1. The number of anilines is 1. The molecule has 1 aliphatic heterocycles. The van der Waals surface area contributed by atoms with Crippen LogP contribution in [0.25, 0.3) is 11.0 Å². The van der Waals surface area contributed by atoms with E-state index in [0.29, 0.717) is 22.8 Å². The minimum absolute atomic E-state index is 0.00842. The number of rotatable bonds is 4. The van der Waals surface area contributed by atoms with Crippen LogP contribution in [0.4, 0.5) is 5.69 Å². The molecule has 1 amide bonds. The zero-order valence-corrected chi connectivity index (χ0v) is 14.7. The van der Waals surface area contributed by atoms with Gasteiger partial charge in [0.25, 0.3) is 0 Å². The van der Waals surface area contributed by atoms with Crippen LogP contribution in [0.1, 0.15) is 21.6 Å². The predicted molar refractivity (Wildman–Crippen MR) is 95.0 cm³/mol. The number of benzene rings is 2. The number of methoxy groups -OCH3 is 1. The highest BCUT2D eigenvalue weighted by molar-refractivity contribution is 6.03. The van der Waals surface area contributed by atoms with Crippen molar-refractivity contribution in [2.45, 2.75) is 13.3 Å². The van der Waals surface area contributed by atoms with Gasteiger partial charge < -0.3 is 24.1 Å². The van der Waals surface area contributed by atoms with E-state index in [2.05, 4.69) is 10.5 Å². The van der Waals surface area contributed by atoms with Crippen molar-refractivity contribution in [1.82, 2.24) is 5.16 Å². The lowest BCUT2D eigenvalue weighted by molar-refractivity contribution is -0.115. The van der Waals surface area contributed by atoms with E-state index in [1.165, 1.54) is 19.2 Å². The average Bonchev–Trinajstić information content (AvgIpc) is 3.27. The van der Waals surface area contributed by atoms with Gasteiger partial charge >= 0.3 is 5.97 Å². The number of ether oxygens (including phenoxy) is 3. The summed E-state index contributed by atoms with van der Waals surface area (Å²) in [6.45, 7) is 2.00. The first-order chi connectivity index (χ1) is 13.0. The fourth-order valence-corrected chi connectivity index (χ4v) is 2.90. The van der Waals surface area contributed by atoms with E-state index in [1.807, 2.05) is 25.1 Å². The smallest absolute Gasteiger partial charge is 0.340 e. The molecule has 1 N–H and O–H groups in total. The van der Waals surface area contributed by atoms with Crippen LogP contribution < -0.4 is 14.8 Å². The average molecular weight is 368 g/mol. The Hall–Kier alpha value is -3.55. The number of esters is 1. The first-order valence-electron chi connectivity index (χ1n) is 8.22. The molecule has 2 aromatic carbocycles. The summed E-state index contributed by atoms with van der Waals surface area (Å²) < 4.78 is 20.6. The van der Waals surface area contributed by atoms with Gasteiger partial charge in [0, 0.05) is 17.5 Å². The first kappa shape index (κ1) is 16.9. The van der Waals surface area contributed by atoms with Crippen LogP contribution in [-0.4, -0.2) is 30.9 Å². The highest BCUT2D eigenvalue weighted by Gasteiger charge is 2.23. The second-order valence-electron chi connectivity index (χ2n) is 6.10. The van der Waals surface area contributed by atoms with Gasteiger partial charge in [-0.1, -0.05) is 16.8 Å². The van der Waals surface area contributed by atoms with E-state index in [-0.39, 0.29) is 30.4 Å². The maximum absolute atomic E-state index is 12.6. The molecule has 0 radical (unpaired) electrons. The van der Waals surface area contributed by atoms with E-state index in [0.717, 1.165) is 10.9 Å². The summed E-state index contributed by atoms with van der Waals surface area (Å²) in [4.78, 5) is 24.6. The van der Waals surface area contributed by atoms with Gasteiger partial charge in [0.2, 0.25) is 12.7 Å². The lowest BCUT2D eigenvalue weighted by atomic mass is 10.1. The molecule has 0 spiro atoms. The molecule has 0 unspecified atom stereocenters. The zero-order valence-electron chi connectivity index (χ0n) is 14.7. The van der Waals surface area contributed by atoms with Crippen molar-refractivity contribution in [3.63, 3.8) is 0 Å². The Bertz CT molecular complexity index is 1060. The number of amides is 1. The number of fused-ring (bicyclic) bond motifs is 2. The lowest BCUT2D eigenvalue weighted by Gasteiger charge is -2.10. The van der Waals surface area contributed by atoms with Gasteiger partial charge in [0.1, 0.15) is 5.69 Å². The maximum atomic E-state index is 12.6. The molecule has 1 aromatic heterocycles. The van der Waals surface area contributed by atoms with Gasteiger partial charge in [-0.15, -0.1) is 0 Å². The number of carbonyl (C=O) groups is 2. The standard InChI is InChI=1S/C19H16N2O6/c1-10-3-4-15-11(5-10)14(21-27-15)8-18(22)20-13-7-17-16(25-9-26-17)6-12(13)19(23)24-2/h3-7H,8-9H2,1-2H3,(H,20,22). The monoisotopic (exact) mass is 368 g/mol. The van der Waals surface area contributed by atoms with E-state index in [9.17, 15) is 9.59 Å². The number of carbonyl (C=O) groups excluding carboxylic acids is 2. The van der Waals surface area contributed by atoms with Gasteiger partial charge in [-0.05, 0) is 19.1 Å². The summed E-state index contributed by atoms with van der Waals surface area (Å²) in [6, 6.07) is 8.66. The van der Waals surface area contributed by atoms with E-state index >= 15 is 0 Å².